The summed E-state index contributed by atoms with van der Waals surface area (Å²) < 4.78 is 24.7. The van der Waals surface area contributed by atoms with Gasteiger partial charge in [-0.3, -0.25) is 4.79 Å². The molecular formula is C22H20FNO4. The highest BCUT2D eigenvalue weighted by molar-refractivity contribution is 5.96. The van der Waals surface area contributed by atoms with Crippen molar-refractivity contribution < 1.29 is 23.1 Å². The molecule has 28 heavy (non-hydrogen) atoms. The van der Waals surface area contributed by atoms with Crippen molar-refractivity contribution in [3.63, 3.8) is 0 Å². The largest absolute Gasteiger partial charge is 0.450 e. The first-order chi connectivity index (χ1) is 13.5. The zero-order valence-corrected chi connectivity index (χ0v) is 15.5. The highest BCUT2D eigenvalue weighted by atomic mass is 19.1. The van der Waals surface area contributed by atoms with Gasteiger partial charge < -0.3 is 14.1 Å². The number of hydrogen-bond donors (Lipinski definition) is 0. The third-order valence-electron chi connectivity index (χ3n) is 4.96. The molecule has 0 radical (unpaired) electrons. The number of fused-ring (bicyclic) bond motifs is 1. The third-order valence-corrected chi connectivity index (χ3v) is 4.96. The Labute approximate surface area is 161 Å². The van der Waals surface area contributed by atoms with Gasteiger partial charge in [-0.25, -0.2) is 9.18 Å². The molecule has 1 aromatic heterocycles. The number of ether oxygens (including phenoxy) is 1. The molecule has 144 valence electrons. The fraction of sp³-hybridized carbons (Fsp3) is 0.273. The maximum Gasteiger partial charge on any atom is 0.375 e. The lowest BCUT2D eigenvalue weighted by molar-refractivity contribution is -0.135. The summed E-state index contributed by atoms with van der Waals surface area (Å²) in [6, 6.07) is 13.8. The summed E-state index contributed by atoms with van der Waals surface area (Å²) in [5.41, 5.74) is 1.72. The molecule has 1 heterocycles. The molecule has 0 spiro atoms. The van der Waals surface area contributed by atoms with Crippen LogP contribution >= 0.6 is 0 Å². The summed E-state index contributed by atoms with van der Waals surface area (Å²) in [5.74, 6) is -1.27. The average molecular weight is 381 g/mol. The molecule has 6 heteroatoms. The zero-order valence-electron chi connectivity index (χ0n) is 15.5. The van der Waals surface area contributed by atoms with Crippen molar-refractivity contribution in [1.29, 1.82) is 0 Å². The van der Waals surface area contributed by atoms with Gasteiger partial charge in [0.2, 0.25) is 5.76 Å². The first-order valence-electron chi connectivity index (χ1n) is 9.22. The number of para-hydroxylation sites is 1. The Balaban J connectivity index is 1.44. The highest BCUT2D eigenvalue weighted by Gasteiger charge is 2.33. The Morgan fingerprint density at radius 2 is 1.86 bits per heavy atom. The number of halogens is 1. The van der Waals surface area contributed by atoms with Crippen molar-refractivity contribution >= 4 is 22.8 Å². The number of rotatable bonds is 6. The van der Waals surface area contributed by atoms with Crippen molar-refractivity contribution in [2.75, 3.05) is 6.61 Å². The first kappa shape index (κ1) is 18.2. The Kier molecular flexibility index (Phi) is 4.86. The van der Waals surface area contributed by atoms with E-state index in [1.165, 1.54) is 6.07 Å². The number of aryl methyl sites for hydroxylation is 1. The van der Waals surface area contributed by atoms with E-state index in [2.05, 4.69) is 0 Å². The summed E-state index contributed by atoms with van der Waals surface area (Å²) >= 11 is 0. The fourth-order valence-electron chi connectivity index (χ4n) is 3.26. The topological polar surface area (TPSA) is 59.8 Å². The minimum Gasteiger partial charge on any atom is -0.450 e. The van der Waals surface area contributed by atoms with Crippen LogP contribution in [-0.4, -0.2) is 29.4 Å². The average Bonchev–Trinajstić information content (AvgIpc) is 3.49. The summed E-state index contributed by atoms with van der Waals surface area (Å²) in [7, 11) is 0. The second-order valence-electron chi connectivity index (χ2n) is 6.97. The summed E-state index contributed by atoms with van der Waals surface area (Å²) in [5, 5.41) is 0.833. The van der Waals surface area contributed by atoms with Gasteiger partial charge in [-0.1, -0.05) is 36.4 Å². The molecule has 0 bridgehead atoms. The lowest BCUT2D eigenvalue weighted by Gasteiger charge is -2.22. The van der Waals surface area contributed by atoms with Crippen LogP contribution in [0, 0.1) is 12.7 Å². The number of carbonyl (C=O) groups excluding carboxylic acids is 2. The minimum absolute atomic E-state index is 0.0683. The maximum atomic E-state index is 13.9. The van der Waals surface area contributed by atoms with E-state index in [4.69, 9.17) is 9.15 Å². The van der Waals surface area contributed by atoms with Crippen LogP contribution in [0.15, 0.2) is 52.9 Å². The second-order valence-corrected chi connectivity index (χ2v) is 6.97. The van der Waals surface area contributed by atoms with Crippen LogP contribution in [0.5, 0.6) is 0 Å². The number of hydrogen-bond acceptors (Lipinski definition) is 4. The van der Waals surface area contributed by atoms with Gasteiger partial charge in [-0.2, -0.15) is 0 Å². The molecule has 3 aromatic rings. The molecule has 1 fully saturated rings. The number of benzene rings is 2. The van der Waals surface area contributed by atoms with Crippen LogP contribution in [0.2, 0.25) is 0 Å². The molecule has 1 aliphatic carbocycles. The quantitative estimate of drug-likeness (QED) is 0.600. The van der Waals surface area contributed by atoms with Gasteiger partial charge in [0.05, 0.1) is 0 Å². The molecular weight excluding hydrogens is 361 g/mol. The predicted octanol–water partition coefficient (Wildman–Crippen LogP) is 4.23. The van der Waals surface area contributed by atoms with Gasteiger partial charge in [0.15, 0.2) is 6.61 Å². The van der Waals surface area contributed by atoms with Crippen molar-refractivity contribution in [1.82, 2.24) is 4.90 Å². The molecule has 0 saturated heterocycles. The van der Waals surface area contributed by atoms with E-state index >= 15 is 0 Å². The molecule has 1 saturated carbocycles. The van der Waals surface area contributed by atoms with Gasteiger partial charge in [0, 0.05) is 29.1 Å². The van der Waals surface area contributed by atoms with Gasteiger partial charge in [0.1, 0.15) is 11.4 Å². The molecule has 0 unspecified atom stereocenters. The van der Waals surface area contributed by atoms with Crippen molar-refractivity contribution in [2.45, 2.75) is 32.4 Å². The molecule has 1 aliphatic rings. The Hall–Kier alpha value is -3.15. The first-order valence-corrected chi connectivity index (χ1v) is 9.22. The standard InChI is InChI=1S/C22H20FNO4/c1-14-17-7-3-5-9-19(17)28-21(14)22(26)27-13-20(25)24(16-10-11-16)12-15-6-2-4-8-18(15)23/h2-9,16H,10-13H2,1H3. The number of furan rings is 1. The smallest absolute Gasteiger partial charge is 0.375 e. The third kappa shape index (κ3) is 3.63. The fourth-order valence-corrected chi connectivity index (χ4v) is 3.26. The van der Waals surface area contributed by atoms with Crippen molar-refractivity contribution in [3.8, 4) is 0 Å². The van der Waals surface area contributed by atoms with E-state index in [1.807, 2.05) is 18.2 Å². The van der Waals surface area contributed by atoms with Crippen molar-refractivity contribution in [2.24, 2.45) is 0 Å². The number of esters is 1. The molecule has 5 nitrogen and oxygen atoms in total. The van der Waals surface area contributed by atoms with Gasteiger partial charge in [-0.15, -0.1) is 0 Å². The van der Waals surface area contributed by atoms with E-state index in [-0.39, 0.29) is 30.1 Å². The van der Waals surface area contributed by atoms with Crippen LogP contribution in [0.25, 0.3) is 11.0 Å². The van der Waals surface area contributed by atoms with Gasteiger partial charge in [0.25, 0.3) is 5.91 Å². The van der Waals surface area contributed by atoms with E-state index in [0.717, 1.165) is 18.2 Å². The SMILES string of the molecule is Cc1c(C(=O)OCC(=O)N(Cc2ccccc2F)C2CC2)oc2ccccc12. The van der Waals surface area contributed by atoms with Crippen LogP contribution in [-0.2, 0) is 16.1 Å². The van der Waals surface area contributed by atoms with E-state index in [0.29, 0.717) is 16.7 Å². The van der Waals surface area contributed by atoms with E-state index in [9.17, 15) is 14.0 Å². The van der Waals surface area contributed by atoms with E-state index in [1.54, 1.807) is 36.1 Å². The van der Waals surface area contributed by atoms with Crippen LogP contribution in [0.4, 0.5) is 4.39 Å². The van der Waals surface area contributed by atoms with Crippen LogP contribution < -0.4 is 0 Å². The number of amides is 1. The zero-order chi connectivity index (χ0) is 19.7. The monoisotopic (exact) mass is 381 g/mol. The maximum absolute atomic E-state index is 13.9. The molecule has 4 rings (SSSR count). The molecule has 0 aliphatic heterocycles. The summed E-state index contributed by atoms with van der Waals surface area (Å²) in [4.78, 5) is 26.6. The lowest BCUT2D eigenvalue weighted by Crippen LogP contribution is -2.36. The minimum atomic E-state index is -0.677. The molecule has 0 N–H and O–H groups in total. The normalized spacial score (nSPS) is 13.5. The van der Waals surface area contributed by atoms with Crippen LogP contribution in [0.3, 0.4) is 0 Å². The summed E-state index contributed by atoms with van der Waals surface area (Å²) in [6.07, 6.45) is 1.74. The molecule has 0 atom stereocenters. The predicted molar refractivity (Wildman–Crippen MR) is 101 cm³/mol. The Bertz CT molecular complexity index is 1040. The Morgan fingerprint density at radius 1 is 1.14 bits per heavy atom. The number of carbonyl (C=O) groups is 2. The molecule has 1 amide bonds. The van der Waals surface area contributed by atoms with Crippen LogP contribution in [0.1, 0.15) is 34.5 Å². The molecule has 2 aromatic carbocycles. The highest BCUT2D eigenvalue weighted by Crippen LogP contribution is 2.29. The van der Waals surface area contributed by atoms with Crippen molar-refractivity contribution in [3.05, 3.63) is 71.2 Å². The van der Waals surface area contributed by atoms with E-state index < -0.39 is 12.6 Å². The summed E-state index contributed by atoms with van der Waals surface area (Å²) in [6.45, 7) is 1.54. The number of nitrogens with zero attached hydrogens (tertiary/aromatic N) is 1. The second kappa shape index (κ2) is 7.46. The lowest BCUT2D eigenvalue weighted by atomic mass is 10.1. The van der Waals surface area contributed by atoms with Gasteiger partial charge in [-0.05, 0) is 31.9 Å². The van der Waals surface area contributed by atoms with Gasteiger partial charge >= 0.3 is 5.97 Å². The Morgan fingerprint density at radius 3 is 2.57 bits per heavy atom.